The third kappa shape index (κ3) is 4.67. The number of carbonyl (C=O) groups is 1. The highest BCUT2D eigenvalue weighted by atomic mass is 19.1. The van der Waals surface area contributed by atoms with Crippen molar-refractivity contribution in [3.63, 3.8) is 0 Å². The molecule has 0 saturated carbocycles. The minimum atomic E-state index is -0.328. The topological polar surface area (TPSA) is 42.4 Å². The van der Waals surface area contributed by atoms with Crippen LogP contribution in [0.1, 0.15) is 46.1 Å². The van der Waals surface area contributed by atoms with Crippen LogP contribution in [-0.4, -0.2) is 36.0 Å². The number of ether oxygens (including phenoxy) is 1. The first-order valence-electron chi connectivity index (χ1n) is 10.3. The van der Waals surface area contributed by atoms with Gasteiger partial charge in [0, 0.05) is 42.4 Å². The molecule has 0 unspecified atom stereocenters. The van der Waals surface area contributed by atoms with Gasteiger partial charge in [-0.15, -0.1) is 0 Å². The van der Waals surface area contributed by atoms with E-state index in [1.54, 1.807) is 19.2 Å². The highest BCUT2D eigenvalue weighted by Gasteiger charge is 2.25. The first kappa shape index (κ1) is 20.1. The summed E-state index contributed by atoms with van der Waals surface area (Å²) in [6, 6.07) is 20.0. The fourth-order valence-electron chi connectivity index (χ4n) is 3.93. The van der Waals surface area contributed by atoms with Gasteiger partial charge in [0.1, 0.15) is 11.6 Å². The molecule has 1 aliphatic heterocycles. The quantitative estimate of drug-likeness (QED) is 0.611. The van der Waals surface area contributed by atoms with Crippen molar-refractivity contribution in [2.45, 2.75) is 25.2 Å². The Kier molecular flexibility index (Phi) is 6.07. The summed E-state index contributed by atoms with van der Waals surface area (Å²) >= 11 is 0. The fraction of sp³-hybridized carbons (Fsp3) is 0.280. The molecule has 1 aromatic heterocycles. The molecule has 2 aromatic carbocycles. The van der Waals surface area contributed by atoms with Gasteiger partial charge in [-0.05, 0) is 66.9 Å². The number of hydrogen-bond acceptors (Lipinski definition) is 3. The van der Waals surface area contributed by atoms with Crippen LogP contribution in [0.15, 0.2) is 66.7 Å². The van der Waals surface area contributed by atoms with Crippen molar-refractivity contribution in [3.05, 3.63) is 95.1 Å². The van der Waals surface area contributed by atoms with Crippen molar-refractivity contribution in [3.8, 4) is 5.75 Å². The molecule has 0 radical (unpaired) electrons. The molecule has 4 nitrogen and oxygen atoms in total. The van der Waals surface area contributed by atoms with Gasteiger partial charge in [0.15, 0.2) is 0 Å². The summed E-state index contributed by atoms with van der Waals surface area (Å²) < 4.78 is 18.3. The maximum Gasteiger partial charge on any atom is 0.253 e. The number of pyridine rings is 1. The minimum absolute atomic E-state index is 0.0327. The Morgan fingerprint density at radius 3 is 2.40 bits per heavy atom. The first-order chi connectivity index (χ1) is 14.6. The molecule has 1 amide bonds. The number of aromatic nitrogens is 1. The van der Waals surface area contributed by atoms with Gasteiger partial charge in [-0.25, -0.2) is 4.39 Å². The lowest BCUT2D eigenvalue weighted by atomic mass is 9.92. The lowest BCUT2D eigenvalue weighted by Crippen LogP contribution is -2.38. The Balaban J connectivity index is 1.38. The summed E-state index contributed by atoms with van der Waals surface area (Å²) in [5.74, 6) is 0.834. The van der Waals surface area contributed by atoms with Crippen molar-refractivity contribution in [2.24, 2.45) is 0 Å². The summed E-state index contributed by atoms with van der Waals surface area (Å²) in [6.45, 7) is 1.37. The largest absolute Gasteiger partial charge is 0.497 e. The Hall–Kier alpha value is -3.21. The van der Waals surface area contributed by atoms with E-state index in [-0.39, 0.29) is 11.7 Å². The molecular weight excluding hydrogens is 379 g/mol. The van der Waals surface area contributed by atoms with Crippen molar-refractivity contribution < 1.29 is 13.9 Å². The maximum atomic E-state index is 13.1. The average molecular weight is 404 g/mol. The molecule has 1 aliphatic rings. The van der Waals surface area contributed by atoms with Gasteiger partial charge in [0.25, 0.3) is 5.91 Å². The second kappa shape index (κ2) is 9.08. The van der Waals surface area contributed by atoms with Crippen LogP contribution < -0.4 is 4.74 Å². The summed E-state index contributed by atoms with van der Waals surface area (Å²) in [4.78, 5) is 19.4. The summed E-state index contributed by atoms with van der Waals surface area (Å²) in [7, 11) is 1.67. The van der Waals surface area contributed by atoms with E-state index in [1.165, 1.54) is 17.7 Å². The van der Waals surface area contributed by atoms with Crippen LogP contribution >= 0.6 is 0 Å². The molecule has 0 N–H and O–H groups in total. The van der Waals surface area contributed by atoms with Gasteiger partial charge in [-0.1, -0.05) is 18.2 Å². The third-order valence-corrected chi connectivity index (χ3v) is 5.66. The lowest BCUT2D eigenvalue weighted by molar-refractivity contribution is 0.0712. The van der Waals surface area contributed by atoms with E-state index in [2.05, 4.69) is 30.3 Å². The molecule has 1 fully saturated rings. The standard InChI is InChI=1S/C25H25FN2O2/c1-30-23-11-5-18(6-12-23)17-22-3-2-4-24(27-22)19-13-15-28(16-14-19)25(29)20-7-9-21(26)10-8-20/h2-12,19H,13-17H2,1H3. The molecule has 154 valence electrons. The van der Waals surface area contributed by atoms with Crippen molar-refractivity contribution in [1.29, 1.82) is 0 Å². The molecule has 0 bridgehead atoms. The fourth-order valence-corrected chi connectivity index (χ4v) is 3.93. The number of piperidine rings is 1. The van der Waals surface area contributed by atoms with Crippen molar-refractivity contribution >= 4 is 5.91 Å². The third-order valence-electron chi connectivity index (χ3n) is 5.66. The maximum absolute atomic E-state index is 13.1. The van der Waals surface area contributed by atoms with Crippen LogP contribution in [0, 0.1) is 5.82 Å². The SMILES string of the molecule is COc1ccc(Cc2cccc(C3CCN(C(=O)c4ccc(F)cc4)CC3)n2)cc1. The summed E-state index contributed by atoms with van der Waals surface area (Å²) in [5.41, 5.74) is 3.87. The molecule has 0 atom stereocenters. The zero-order valence-electron chi connectivity index (χ0n) is 17.1. The Bertz CT molecular complexity index is 994. The van der Waals surface area contributed by atoms with E-state index in [0.717, 1.165) is 36.4 Å². The number of rotatable bonds is 5. The first-order valence-corrected chi connectivity index (χ1v) is 10.3. The zero-order valence-corrected chi connectivity index (χ0v) is 17.1. The van der Waals surface area contributed by atoms with Crippen LogP contribution in [0.3, 0.4) is 0 Å². The second-order valence-corrected chi connectivity index (χ2v) is 7.65. The van der Waals surface area contributed by atoms with Crippen molar-refractivity contribution in [1.82, 2.24) is 9.88 Å². The van der Waals surface area contributed by atoms with Gasteiger partial charge >= 0.3 is 0 Å². The molecule has 2 heterocycles. The number of likely N-dealkylation sites (tertiary alicyclic amines) is 1. The number of benzene rings is 2. The molecule has 4 rings (SSSR count). The highest BCUT2D eigenvalue weighted by molar-refractivity contribution is 5.94. The lowest BCUT2D eigenvalue weighted by Gasteiger charge is -2.32. The van der Waals surface area contributed by atoms with Crippen LogP contribution in [0.5, 0.6) is 5.75 Å². The number of nitrogens with zero attached hydrogens (tertiary/aromatic N) is 2. The number of carbonyl (C=O) groups excluding carboxylic acids is 1. The van der Waals surface area contributed by atoms with E-state index in [9.17, 15) is 9.18 Å². The smallest absolute Gasteiger partial charge is 0.253 e. The van der Waals surface area contributed by atoms with Crippen molar-refractivity contribution in [2.75, 3.05) is 20.2 Å². The Morgan fingerprint density at radius 1 is 1.03 bits per heavy atom. The van der Waals surface area contributed by atoms with Crippen LogP contribution in [0.25, 0.3) is 0 Å². The molecule has 3 aromatic rings. The van der Waals surface area contributed by atoms with Crippen LogP contribution in [-0.2, 0) is 6.42 Å². The van der Waals surface area contributed by atoms with E-state index in [4.69, 9.17) is 9.72 Å². The van der Waals surface area contributed by atoms with Gasteiger partial charge in [0.2, 0.25) is 0 Å². The van der Waals surface area contributed by atoms with E-state index in [1.807, 2.05) is 17.0 Å². The molecular formula is C25H25FN2O2. The number of methoxy groups -OCH3 is 1. The van der Waals surface area contributed by atoms with Crippen LogP contribution in [0.2, 0.25) is 0 Å². The Labute approximate surface area is 176 Å². The number of hydrogen-bond donors (Lipinski definition) is 0. The van der Waals surface area contributed by atoms with Gasteiger partial charge in [-0.2, -0.15) is 0 Å². The minimum Gasteiger partial charge on any atom is -0.497 e. The van der Waals surface area contributed by atoms with E-state index in [0.29, 0.717) is 24.6 Å². The molecule has 0 spiro atoms. The predicted octanol–water partition coefficient (Wildman–Crippen LogP) is 4.84. The van der Waals surface area contributed by atoms with Gasteiger partial charge in [-0.3, -0.25) is 9.78 Å². The van der Waals surface area contributed by atoms with E-state index < -0.39 is 0 Å². The van der Waals surface area contributed by atoms with E-state index >= 15 is 0 Å². The number of amides is 1. The van der Waals surface area contributed by atoms with Gasteiger partial charge in [0.05, 0.1) is 7.11 Å². The molecule has 1 saturated heterocycles. The monoisotopic (exact) mass is 404 g/mol. The number of halogens is 1. The summed E-state index contributed by atoms with van der Waals surface area (Å²) in [6.07, 6.45) is 2.54. The molecule has 30 heavy (non-hydrogen) atoms. The molecule has 5 heteroatoms. The highest BCUT2D eigenvalue weighted by Crippen LogP contribution is 2.28. The zero-order chi connectivity index (χ0) is 20.9. The second-order valence-electron chi connectivity index (χ2n) is 7.65. The predicted molar refractivity (Wildman–Crippen MR) is 114 cm³/mol. The summed E-state index contributed by atoms with van der Waals surface area (Å²) in [5, 5.41) is 0. The van der Waals surface area contributed by atoms with Gasteiger partial charge < -0.3 is 9.64 Å². The Morgan fingerprint density at radius 2 is 1.73 bits per heavy atom. The molecule has 0 aliphatic carbocycles. The normalized spacial score (nSPS) is 14.5. The average Bonchev–Trinajstić information content (AvgIpc) is 2.80. The van der Waals surface area contributed by atoms with Crippen LogP contribution in [0.4, 0.5) is 4.39 Å².